The molecule has 0 aromatic rings. The molecule has 5 N–H and O–H groups in total. The van der Waals surface area contributed by atoms with E-state index < -0.39 is 42.6 Å². The number of ether oxygens (including phenoxy) is 1. The molecule has 1 unspecified atom stereocenters. The predicted molar refractivity (Wildman–Crippen MR) is 45.6 cm³/mol. The molecule has 1 fully saturated rings. The second kappa shape index (κ2) is 4.12. The summed E-state index contributed by atoms with van der Waals surface area (Å²) in [4.78, 5) is 11.0. The number of hydrogen-bond donors (Lipinski definition) is 5. The lowest BCUT2D eigenvalue weighted by Crippen LogP contribution is -2.48. The van der Waals surface area contributed by atoms with E-state index in [0.717, 1.165) is 6.92 Å². The van der Waals surface area contributed by atoms with E-state index in [4.69, 9.17) is 5.11 Å². The minimum absolute atomic E-state index is 0.720. The van der Waals surface area contributed by atoms with Gasteiger partial charge in [0.1, 0.15) is 24.4 Å². The standard InChI is InChI=1S/C8H14O7/c1-3(10)8(14)7(13)5(12)6(15-8)4(11)2-9/h4-7,9,11-14H,2H2,1H3/t4-,5+,6-,7-,8?/m1/s1. The smallest absolute Gasteiger partial charge is 0.256 e. The SMILES string of the molecule is CC(=O)C1(O)O[C@H]([C@H](O)CO)[C@H](O)[C@H]1O. The van der Waals surface area contributed by atoms with Crippen molar-refractivity contribution in [2.45, 2.75) is 37.1 Å². The van der Waals surface area contributed by atoms with Gasteiger partial charge in [-0.15, -0.1) is 0 Å². The fourth-order valence-electron chi connectivity index (χ4n) is 1.46. The fraction of sp³-hybridized carbons (Fsp3) is 0.875. The minimum Gasteiger partial charge on any atom is -0.394 e. The summed E-state index contributed by atoms with van der Waals surface area (Å²) in [6.07, 6.45) is -6.37. The van der Waals surface area contributed by atoms with Crippen molar-refractivity contribution in [1.82, 2.24) is 0 Å². The van der Waals surface area contributed by atoms with Crippen LogP contribution in [0.25, 0.3) is 0 Å². The highest BCUT2D eigenvalue weighted by Crippen LogP contribution is 2.31. The van der Waals surface area contributed by atoms with Crippen molar-refractivity contribution in [2.75, 3.05) is 6.61 Å². The molecule has 0 aromatic carbocycles. The molecule has 1 heterocycles. The summed E-state index contributed by atoms with van der Waals surface area (Å²) in [6.45, 7) is 0.256. The van der Waals surface area contributed by atoms with Gasteiger partial charge in [0.25, 0.3) is 5.79 Å². The zero-order chi connectivity index (χ0) is 11.8. The molecule has 1 aliphatic rings. The Hall–Kier alpha value is -0.570. The zero-order valence-corrected chi connectivity index (χ0v) is 8.07. The van der Waals surface area contributed by atoms with Gasteiger partial charge in [-0.3, -0.25) is 4.79 Å². The summed E-state index contributed by atoms with van der Waals surface area (Å²) in [5.41, 5.74) is 0. The van der Waals surface area contributed by atoms with Gasteiger partial charge in [-0.2, -0.15) is 0 Å². The lowest BCUT2D eigenvalue weighted by atomic mass is 10.0. The van der Waals surface area contributed by atoms with Crippen LogP contribution >= 0.6 is 0 Å². The van der Waals surface area contributed by atoms with Crippen molar-refractivity contribution in [3.8, 4) is 0 Å². The minimum atomic E-state index is -2.53. The molecular weight excluding hydrogens is 208 g/mol. The van der Waals surface area contributed by atoms with Gasteiger partial charge in [0.2, 0.25) is 0 Å². The number of Topliss-reactive ketones (excluding diaryl/α,β-unsaturated/α-hetero) is 1. The van der Waals surface area contributed by atoms with E-state index in [2.05, 4.69) is 4.74 Å². The molecule has 1 rings (SSSR count). The number of ketones is 1. The number of carbonyl (C=O) groups is 1. The van der Waals surface area contributed by atoms with E-state index in [1.165, 1.54) is 0 Å². The predicted octanol–water partition coefficient (Wildman–Crippen LogP) is -3.26. The summed E-state index contributed by atoms with van der Waals surface area (Å²) in [7, 11) is 0. The maximum absolute atomic E-state index is 11.0. The third kappa shape index (κ3) is 1.89. The topological polar surface area (TPSA) is 127 Å². The lowest BCUT2D eigenvalue weighted by Gasteiger charge is -2.22. The molecule has 0 amide bonds. The van der Waals surface area contributed by atoms with Gasteiger partial charge < -0.3 is 30.3 Å². The van der Waals surface area contributed by atoms with Gasteiger partial charge in [0.05, 0.1) is 6.61 Å². The molecule has 0 saturated carbocycles. The van der Waals surface area contributed by atoms with E-state index in [0.29, 0.717) is 0 Å². The van der Waals surface area contributed by atoms with Crippen LogP contribution in [0.4, 0.5) is 0 Å². The molecule has 7 nitrogen and oxygen atoms in total. The average Bonchev–Trinajstić information content (AvgIpc) is 2.43. The first kappa shape index (κ1) is 12.5. The monoisotopic (exact) mass is 222 g/mol. The highest BCUT2D eigenvalue weighted by Gasteiger charge is 2.58. The summed E-state index contributed by atoms with van der Waals surface area (Å²) >= 11 is 0. The Labute approximate surface area is 85.5 Å². The Morgan fingerprint density at radius 2 is 2.07 bits per heavy atom. The Balaban J connectivity index is 2.89. The molecule has 0 radical (unpaired) electrons. The number of hydrogen-bond acceptors (Lipinski definition) is 7. The third-order valence-corrected chi connectivity index (χ3v) is 2.45. The molecular formula is C8H14O7. The Kier molecular flexibility index (Phi) is 3.44. The van der Waals surface area contributed by atoms with E-state index in [-0.39, 0.29) is 0 Å². The summed E-state index contributed by atoms with van der Waals surface area (Å²) in [5, 5.41) is 46.1. The third-order valence-electron chi connectivity index (χ3n) is 2.45. The van der Waals surface area contributed by atoms with Crippen LogP contribution in [0.3, 0.4) is 0 Å². The molecule has 15 heavy (non-hydrogen) atoms. The Morgan fingerprint density at radius 3 is 2.40 bits per heavy atom. The highest BCUT2D eigenvalue weighted by atomic mass is 16.7. The molecule has 1 aliphatic heterocycles. The molecule has 0 spiro atoms. The second-order valence-corrected chi connectivity index (χ2v) is 3.52. The largest absolute Gasteiger partial charge is 0.394 e. The van der Waals surface area contributed by atoms with Crippen molar-refractivity contribution in [3.05, 3.63) is 0 Å². The van der Waals surface area contributed by atoms with Crippen molar-refractivity contribution < 1.29 is 35.1 Å². The molecule has 7 heteroatoms. The molecule has 0 aliphatic carbocycles. The first-order valence-corrected chi connectivity index (χ1v) is 4.41. The van der Waals surface area contributed by atoms with Crippen LogP contribution in [0.2, 0.25) is 0 Å². The number of aliphatic hydroxyl groups is 5. The molecule has 1 saturated heterocycles. The van der Waals surface area contributed by atoms with Gasteiger partial charge in [-0.25, -0.2) is 0 Å². The van der Waals surface area contributed by atoms with E-state index in [1.807, 2.05) is 0 Å². The van der Waals surface area contributed by atoms with Gasteiger partial charge in [0, 0.05) is 6.92 Å². The molecule has 5 atom stereocenters. The molecule has 88 valence electrons. The first-order chi connectivity index (χ1) is 6.84. The van der Waals surface area contributed by atoms with Crippen molar-refractivity contribution >= 4 is 5.78 Å². The quantitative estimate of drug-likeness (QED) is 0.339. The first-order valence-electron chi connectivity index (χ1n) is 4.41. The van der Waals surface area contributed by atoms with E-state index in [1.54, 1.807) is 0 Å². The summed E-state index contributed by atoms with van der Waals surface area (Å²) in [6, 6.07) is 0. The number of aliphatic hydroxyl groups excluding tert-OH is 4. The van der Waals surface area contributed by atoms with Gasteiger partial charge in [0.15, 0.2) is 5.78 Å². The highest BCUT2D eigenvalue weighted by molar-refractivity contribution is 5.84. The number of carbonyl (C=O) groups excluding carboxylic acids is 1. The van der Waals surface area contributed by atoms with Gasteiger partial charge in [-0.1, -0.05) is 0 Å². The van der Waals surface area contributed by atoms with Crippen LogP contribution < -0.4 is 0 Å². The van der Waals surface area contributed by atoms with Crippen molar-refractivity contribution in [3.63, 3.8) is 0 Å². The van der Waals surface area contributed by atoms with Crippen molar-refractivity contribution in [2.24, 2.45) is 0 Å². The van der Waals surface area contributed by atoms with Crippen LogP contribution in [-0.4, -0.2) is 68.1 Å². The maximum atomic E-state index is 11.0. The van der Waals surface area contributed by atoms with Crippen LogP contribution in [0.5, 0.6) is 0 Å². The average molecular weight is 222 g/mol. The maximum Gasteiger partial charge on any atom is 0.256 e. The zero-order valence-electron chi connectivity index (χ0n) is 8.07. The summed E-state index contributed by atoms with van der Waals surface area (Å²) < 4.78 is 4.68. The van der Waals surface area contributed by atoms with Crippen LogP contribution in [0, 0.1) is 0 Å². The normalized spacial score (nSPS) is 42.9. The van der Waals surface area contributed by atoms with Crippen molar-refractivity contribution in [1.29, 1.82) is 0 Å². The van der Waals surface area contributed by atoms with Gasteiger partial charge >= 0.3 is 0 Å². The molecule has 0 bridgehead atoms. The van der Waals surface area contributed by atoms with Crippen LogP contribution in [0.15, 0.2) is 0 Å². The van der Waals surface area contributed by atoms with Crippen LogP contribution in [-0.2, 0) is 9.53 Å². The number of rotatable bonds is 3. The Morgan fingerprint density at radius 1 is 1.53 bits per heavy atom. The Bertz CT molecular complexity index is 255. The molecule has 0 aromatic heterocycles. The van der Waals surface area contributed by atoms with Gasteiger partial charge in [-0.05, 0) is 0 Å². The van der Waals surface area contributed by atoms with Crippen LogP contribution in [0.1, 0.15) is 6.92 Å². The summed E-state index contributed by atoms with van der Waals surface area (Å²) in [5.74, 6) is -3.41. The van der Waals surface area contributed by atoms with E-state index in [9.17, 15) is 25.2 Å². The second-order valence-electron chi connectivity index (χ2n) is 3.52. The van der Waals surface area contributed by atoms with E-state index >= 15 is 0 Å². The fourth-order valence-corrected chi connectivity index (χ4v) is 1.46. The lowest BCUT2D eigenvalue weighted by molar-refractivity contribution is -0.228.